The lowest BCUT2D eigenvalue weighted by molar-refractivity contribution is 0.0985. The summed E-state index contributed by atoms with van der Waals surface area (Å²) in [6, 6.07) is 13.2. The molecule has 0 saturated carbocycles. The van der Waals surface area contributed by atoms with Gasteiger partial charge in [0.15, 0.2) is 5.78 Å². The fourth-order valence-electron chi connectivity index (χ4n) is 2.21. The molecule has 0 aliphatic heterocycles. The maximum absolute atomic E-state index is 12.0. The van der Waals surface area contributed by atoms with Crippen LogP contribution in [-0.2, 0) is 0 Å². The number of ketones is 1. The molecule has 0 N–H and O–H groups in total. The molecule has 0 amide bonds. The molecule has 0 saturated heterocycles. The second kappa shape index (κ2) is 5.10. The number of halogens is 1. The summed E-state index contributed by atoms with van der Waals surface area (Å²) in [5.74, 6) is 0.808. The van der Waals surface area contributed by atoms with E-state index in [1.165, 1.54) is 0 Å². The van der Waals surface area contributed by atoms with Crippen molar-refractivity contribution in [3.8, 4) is 11.4 Å². The van der Waals surface area contributed by atoms with Crippen LogP contribution in [0.5, 0.6) is 0 Å². The van der Waals surface area contributed by atoms with E-state index in [0.717, 1.165) is 16.9 Å². The van der Waals surface area contributed by atoms with E-state index in [4.69, 9.17) is 11.6 Å². The Hall–Kier alpha value is -2.13. The van der Waals surface area contributed by atoms with Crippen molar-refractivity contribution in [3.63, 3.8) is 0 Å². The Balaban J connectivity index is 2.26. The smallest absolute Gasteiger partial charge is 0.183 e. The highest BCUT2D eigenvalue weighted by atomic mass is 35.5. The number of hydrogen-bond donors (Lipinski definition) is 0. The topological polar surface area (TPSA) is 34.4 Å². The van der Waals surface area contributed by atoms with Gasteiger partial charge in [0.1, 0.15) is 11.5 Å². The SMILES string of the molecule is CCC(=O)c1nc(-c2ccc(Cl)cc2)n2ccccc12. The monoisotopic (exact) mass is 284 g/mol. The number of imidazole rings is 1. The maximum Gasteiger partial charge on any atom is 0.183 e. The van der Waals surface area contributed by atoms with Crippen LogP contribution in [0.4, 0.5) is 0 Å². The summed E-state index contributed by atoms with van der Waals surface area (Å²) in [7, 11) is 0. The maximum atomic E-state index is 12.0. The average molecular weight is 285 g/mol. The van der Waals surface area contributed by atoms with Gasteiger partial charge < -0.3 is 0 Å². The van der Waals surface area contributed by atoms with Crippen molar-refractivity contribution < 1.29 is 4.79 Å². The van der Waals surface area contributed by atoms with Crippen LogP contribution in [0.15, 0.2) is 48.7 Å². The lowest BCUT2D eigenvalue weighted by atomic mass is 10.2. The van der Waals surface area contributed by atoms with E-state index < -0.39 is 0 Å². The van der Waals surface area contributed by atoms with Crippen LogP contribution in [-0.4, -0.2) is 15.2 Å². The van der Waals surface area contributed by atoms with Crippen molar-refractivity contribution >= 4 is 22.9 Å². The number of fused-ring (bicyclic) bond motifs is 1. The lowest BCUT2D eigenvalue weighted by Gasteiger charge is -2.00. The van der Waals surface area contributed by atoms with E-state index in [1.807, 2.05) is 60.0 Å². The Morgan fingerprint density at radius 3 is 2.65 bits per heavy atom. The predicted octanol–water partition coefficient (Wildman–Crippen LogP) is 4.25. The fraction of sp³-hybridized carbons (Fsp3) is 0.125. The molecular formula is C16H13ClN2O. The van der Waals surface area contributed by atoms with Gasteiger partial charge in [0.05, 0.1) is 5.52 Å². The summed E-state index contributed by atoms with van der Waals surface area (Å²) in [4.78, 5) is 16.6. The summed E-state index contributed by atoms with van der Waals surface area (Å²) < 4.78 is 1.94. The van der Waals surface area contributed by atoms with Crippen LogP contribution in [0.25, 0.3) is 16.9 Å². The van der Waals surface area contributed by atoms with Gasteiger partial charge in [-0.3, -0.25) is 9.20 Å². The Labute approximate surface area is 121 Å². The van der Waals surface area contributed by atoms with E-state index in [1.54, 1.807) is 0 Å². The van der Waals surface area contributed by atoms with Gasteiger partial charge in [0.2, 0.25) is 0 Å². The lowest BCUT2D eigenvalue weighted by Crippen LogP contribution is -1.97. The zero-order valence-electron chi connectivity index (χ0n) is 11.0. The highest BCUT2D eigenvalue weighted by Crippen LogP contribution is 2.24. The minimum absolute atomic E-state index is 0.0499. The molecule has 0 aliphatic carbocycles. The fourth-order valence-corrected chi connectivity index (χ4v) is 2.34. The van der Waals surface area contributed by atoms with E-state index in [9.17, 15) is 4.79 Å². The van der Waals surface area contributed by atoms with Crippen LogP contribution < -0.4 is 0 Å². The molecule has 2 heterocycles. The van der Waals surface area contributed by atoms with Crippen molar-refractivity contribution in [3.05, 3.63) is 59.4 Å². The molecule has 2 aromatic heterocycles. The highest BCUT2D eigenvalue weighted by Gasteiger charge is 2.16. The van der Waals surface area contributed by atoms with Crippen LogP contribution >= 0.6 is 11.6 Å². The zero-order chi connectivity index (χ0) is 14.1. The van der Waals surface area contributed by atoms with E-state index in [0.29, 0.717) is 17.1 Å². The first-order valence-corrected chi connectivity index (χ1v) is 6.84. The third kappa shape index (κ3) is 2.10. The summed E-state index contributed by atoms with van der Waals surface area (Å²) in [5, 5.41) is 0.680. The van der Waals surface area contributed by atoms with Gasteiger partial charge in [-0.15, -0.1) is 0 Å². The molecule has 0 atom stereocenters. The Kier molecular flexibility index (Phi) is 3.28. The second-order valence-corrected chi connectivity index (χ2v) is 4.96. The van der Waals surface area contributed by atoms with Crippen LogP contribution in [0.1, 0.15) is 23.8 Å². The zero-order valence-corrected chi connectivity index (χ0v) is 11.8. The number of Topliss-reactive ketones (excluding diaryl/α,β-unsaturated/α-hetero) is 1. The van der Waals surface area contributed by atoms with Crippen molar-refractivity contribution in [1.29, 1.82) is 0 Å². The van der Waals surface area contributed by atoms with Crippen molar-refractivity contribution in [2.45, 2.75) is 13.3 Å². The standard InChI is InChI=1S/C16H13ClN2O/c1-2-14(20)15-13-5-3-4-10-19(13)16(18-15)11-6-8-12(17)9-7-11/h3-10H,2H2,1H3. The molecule has 3 aromatic rings. The minimum atomic E-state index is 0.0499. The van der Waals surface area contributed by atoms with Crippen molar-refractivity contribution in [2.75, 3.05) is 0 Å². The molecule has 0 bridgehead atoms. The summed E-state index contributed by atoms with van der Waals surface area (Å²) >= 11 is 5.91. The van der Waals surface area contributed by atoms with Gasteiger partial charge in [-0.25, -0.2) is 4.98 Å². The summed E-state index contributed by atoms with van der Waals surface area (Å²) in [6.07, 6.45) is 2.36. The van der Waals surface area contributed by atoms with Gasteiger partial charge in [-0.1, -0.05) is 24.6 Å². The number of pyridine rings is 1. The number of aromatic nitrogens is 2. The van der Waals surface area contributed by atoms with Gasteiger partial charge >= 0.3 is 0 Å². The van der Waals surface area contributed by atoms with Crippen molar-refractivity contribution in [1.82, 2.24) is 9.38 Å². The van der Waals surface area contributed by atoms with Crippen LogP contribution in [0.3, 0.4) is 0 Å². The van der Waals surface area contributed by atoms with Crippen LogP contribution in [0.2, 0.25) is 5.02 Å². The number of hydrogen-bond acceptors (Lipinski definition) is 2. The Morgan fingerprint density at radius 2 is 1.95 bits per heavy atom. The van der Waals surface area contributed by atoms with Gasteiger partial charge in [0.25, 0.3) is 0 Å². The van der Waals surface area contributed by atoms with Crippen molar-refractivity contribution in [2.24, 2.45) is 0 Å². The quantitative estimate of drug-likeness (QED) is 0.674. The molecule has 0 radical (unpaired) electrons. The predicted molar refractivity (Wildman–Crippen MR) is 80.3 cm³/mol. The van der Waals surface area contributed by atoms with Gasteiger partial charge in [-0.2, -0.15) is 0 Å². The van der Waals surface area contributed by atoms with E-state index in [-0.39, 0.29) is 5.78 Å². The molecule has 0 aliphatic rings. The largest absolute Gasteiger partial charge is 0.299 e. The van der Waals surface area contributed by atoms with E-state index >= 15 is 0 Å². The normalized spacial score (nSPS) is 10.9. The molecule has 0 unspecified atom stereocenters. The molecule has 0 spiro atoms. The molecule has 3 nitrogen and oxygen atoms in total. The first-order valence-electron chi connectivity index (χ1n) is 6.47. The third-order valence-electron chi connectivity index (χ3n) is 3.24. The second-order valence-electron chi connectivity index (χ2n) is 4.52. The summed E-state index contributed by atoms with van der Waals surface area (Å²) in [5.41, 5.74) is 2.30. The van der Waals surface area contributed by atoms with E-state index in [2.05, 4.69) is 4.98 Å². The molecule has 20 heavy (non-hydrogen) atoms. The minimum Gasteiger partial charge on any atom is -0.299 e. The Bertz CT molecular complexity index is 775. The average Bonchev–Trinajstić information content (AvgIpc) is 2.87. The molecule has 100 valence electrons. The molecule has 4 heteroatoms. The number of benzene rings is 1. The molecular weight excluding hydrogens is 272 g/mol. The van der Waals surface area contributed by atoms with Crippen LogP contribution in [0, 0.1) is 0 Å². The number of carbonyl (C=O) groups is 1. The first-order chi connectivity index (χ1) is 9.70. The number of nitrogens with zero attached hydrogens (tertiary/aromatic N) is 2. The molecule has 3 rings (SSSR count). The van der Waals surface area contributed by atoms with Gasteiger partial charge in [-0.05, 0) is 36.4 Å². The molecule has 0 fully saturated rings. The first kappa shape index (κ1) is 12.9. The third-order valence-corrected chi connectivity index (χ3v) is 3.49. The summed E-state index contributed by atoms with van der Waals surface area (Å²) in [6.45, 7) is 1.85. The Morgan fingerprint density at radius 1 is 1.20 bits per heavy atom. The number of rotatable bonds is 3. The number of carbonyl (C=O) groups excluding carboxylic acids is 1. The van der Waals surface area contributed by atoms with Gasteiger partial charge in [0, 0.05) is 23.2 Å². The highest BCUT2D eigenvalue weighted by molar-refractivity contribution is 6.30. The molecule has 1 aromatic carbocycles.